The van der Waals surface area contributed by atoms with Crippen LogP contribution in [-0.4, -0.2) is 49.0 Å². The van der Waals surface area contributed by atoms with Crippen molar-refractivity contribution in [2.75, 3.05) is 19.7 Å². The van der Waals surface area contributed by atoms with Gasteiger partial charge in [-0.05, 0) is 46.5 Å². The third-order valence-electron chi connectivity index (χ3n) is 4.76. The fraction of sp³-hybridized carbons (Fsp3) is 0.824. The zero-order valence-electron chi connectivity index (χ0n) is 15.6. The van der Waals surface area contributed by atoms with Gasteiger partial charge in [0.05, 0.1) is 5.60 Å². The van der Waals surface area contributed by atoms with Gasteiger partial charge in [-0.15, -0.1) is 0 Å². The van der Waals surface area contributed by atoms with E-state index in [1.165, 1.54) is 0 Å². The predicted molar refractivity (Wildman–Crippen MR) is 91.2 cm³/mol. The van der Waals surface area contributed by atoms with Crippen molar-refractivity contribution >= 4 is 13.2 Å². The van der Waals surface area contributed by atoms with E-state index in [2.05, 4.69) is 33.8 Å². The number of amides is 1. The van der Waals surface area contributed by atoms with Gasteiger partial charge in [0.15, 0.2) is 0 Å². The zero-order valence-corrected chi connectivity index (χ0v) is 15.6. The van der Waals surface area contributed by atoms with Crippen LogP contribution in [0.1, 0.15) is 54.9 Å². The number of carbonyl (C=O) groups is 1. The van der Waals surface area contributed by atoms with Crippen LogP contribution in [0.5, 0.6) is 0 Å². The molecule has 0 aromatic carbocycles. The monoisotopic (exact) mass is 323 g/mol. The highest BCUT2D eigenvalue weighted by Gasteiger charge is 2.48. The van der Waals surface area contributed by atoms with Crippen LogP contribution < -0.4 is 0 Å². The molecule has 6 heteroatoms. The maximum atomic E-state index is 12.3. The third kappa shape index (κ3) is 4.30. The Morgan fingerprint density at radius 3 is 2.52 bits per heavy atom. The van der Waals surface area contributed by atoms with Gasteiger partial charge < -0.3 is 18.9 Å². The standard InChI is InChI=1S/C17H30BNO4/c1-15(2,3)22-14(20)19-10-8-9-13(11-19)18-21-12-16(4,5)17(6,7)23-18/h9H,8,10-12H2,1-7H3. The summed E-state index contributed by atoms with van der Waals surface area (Å²) in [5.74, 6) is 0. The van der Waals surface area contributed by atoms with Crippen LogP contribution in [0.15, 0.2) is 11.5 Å². The molecular weight excluding hydrogens is 293 g/mol. The van der Waals surface area contributed by atoms with Gasteiger partial charge in [-0.3, -0.25) is 0 Å². The molecule has 1 fully saturated rings. The van der Waals surface area contributed by atoms with E-state index in [9.17, 15) is 4.79 Å². The lowest BCUT2D eigenvalue weighted by Gasteiger charge is -2.48. The van der Waals surface area contributed by atoms with Crippen molar-refractivity contribution in [1.82, 2.24) is 4.90 Å². The lowest BCUT2D eigenvalue weighted by Crippen LogP contribution is -2.56. The molecular formula is C17H30BNO4. The highest BCUT2D eigenvalue weighted by molar-refractivity contribution is 6.54. The van der Waals surface area contributed by atoms with Crippen molar-refractivity contribution in [2.45, 2.75) is 66.1 Å². The van der Waals surface area contributed by atoms with E-state index in [1.807, 2.05) is 20.8 Å². The van der Waals surface area contributed by atoms with E-state index < -0.39 is 5.60 Å². The molecule has 130 valence electrons. The fourth-order valence-electron chi connectivity index (χ4n) is 2.52. The molecule has 2 aliphatic rings. The Kier molecular flexibility index (Phi) is 4.89. The molecule has 1 saturated heterocycles. The maximum Gasteiger partial charge on any atom is 0.491 e. The number of ether oxygens (including phenoxy) is 1. The Balaban J connectivity index is 2.02. The Hall–Kier alpha value is -1.01. The molecule has 0 saturated carbocycles. The molecule has 0 aromatic heterocycles. The zero-order chi connectivity index (χ0) is 17.5. The molecule has 0 bridgehead atoms. The second-order valence-corrected chi connectivity index (χ2v) is 8.62. The summed E-state index contributed by atoms with van der Waals surface area (Å²) in [6.45, 7) is 15.9. The largest absolute Gasteiger partial charge is 0.491 e. The van der Waals surface area contributed by atoms with Crippen LogP contribution in [-0.2, 0) is 14.0 Å². The first-order valence-corrected chi connectivity index (χ1v) is 8.38. The number of rotatable bonds is 1. The maximum absolute atomic E-state index is 12.3. The van der Waals surface area contributed by atoms with Crippen LogP contribution in [0.4, 0.5) is 4.79 Å². The molecule has 2 aliphatic heterocycles. The SMILES string of the molecule is CC(C)(C)OC(=O)N1CCC=C(B2OCC(C)(C)C(C)(C)O2)C1. The van der Waals surface area contributed by atoms with Crippen molar-refractivity contribution < 1.29 is 18.8 Å². The summed E-state index contributed by atoms with van der Waals surface area (Å²) in [4.78, 5) is 14.0. The number of hydrogen-bond acceptors (Lipinski definition) is 4. The molecule has 0 atom stereocenters. The molecule has 0 unspecified atom stereocenters. The third-order valence-corrected chi connectivity index (χ3v) is 4.76. The quantitative estimate of drug-likeness (QED) is 0.694. The molecule has 2 heterocycles. The van der Waals surface area contributed by atoms with Crippen LogP contribution in [0.2, 0.25) is 0 Å². The topological polar surface area (TPSA) is 48.0 Å². The van der Waals surface area contributed by atoms with E-state index in [0.29, 0.717) is 19.7 Å². The Morgan fingerprint density at radius 1 is 1.30 bits per heavy atom. The second-order valence-electron chi connectivity index (χ2n) is 8.62. The first kappa shape index (κ1) is 18.3. The lowest BCUT2D eigenvalue weighted by molar-refractivity contribution is -0.0956. The van der Waals surface area contributed by atoms with Crippen molar-refractivity contribution in [3.63, 3.8) is 0 Å². The van der Waals surface area contributed by atoms with Crippen molar-refractivity contribution in [3.05, 3.63) is 11.5 Å². The summed E-state index contributed by atoms with van der Waals surface area (Å²) in [7, 11) is -0.386. The number of nitrogens with zero attached hydrogens (tertiary/aromatic N) is 1. The van der Waals surface area contributed by atoms with Gasteiger partial charge in [0.2, 0.25) is 0 Å². The van der Waals surface area contributed by atoms with Gasteiger partial charge in [0.1, 0.15) is 5.60 Å². The molecule has 0 aliphatic carbocycles. The first-order valence-electron chi connectivity index (χ1n) is 8.38. The number of carbonyl (C=O) groups excluding carboxylic acids is 1. The van der Waals surface area contributed by atoms with Gasteiger partial charge in [0, 0.05) is 25.1 Å². The van der Waals surface area contributed by atoms with Crippen LogP contribution >= 0.6 is 0 Å². The highest BCUT2D eigenvalue weighted by Crippen LogP contribution is 2.39. The smallest absolute Gasteiger partial charge is 0.444 e. The lowest BCUT2D eigenvalue weighted by atomic mass is 9.68. The normalized spacial score (nSPS) is 24.2. The van der Waals surface area contributed by atoms with Crippen molar-refractivity contribution in [3.8, 4) is 0 Å². The fourth-order valence-corrected chi connectivity index (χ4v) is 2.52. The van der Waals surface area contributed by atoms with E-state index in [0.717, 1.165) is 11.9 Å². The van der Waals surface area contributed by atoms with Crippen molar-refractivity contribution in [2.24, 2.45) is 5.41 Å². The second kappa shape index (κ2) is 6.13. The minimum absolute atomic E-state index is 0.0520. The van der Waals surface area contributed by atoms with Crippen LogP contribution in [0.3, 0.4) is 0 Å². The molecule has 0 spiro atoms. The molecule has 5 nitrogen and oxygen atoms in total. The summed E-state index contributed by atoms with van der Waals surface area (Å²) in [5.41, 5.74) is 0.183. The van der Waals surface area contributed by atoms with Gasteiger partial charge in [-0.2, -0.15) is 0 Å². The molecule has 23 heavy (non-hydrogen) atoms. The van der Waals surface area contributed by atoms with Gasteiger partial charge in [-0.25, -0.2) is 4.79 Å². The predicted octanol–water partition coefficient (Wildman–Crippen LogP) is 3.43. The minimum Gasteiger partial charge on any atom is -0.444 e. The summed E-state index contributed by atoms with van der Waals surface area (Å²) in [6.07, 6.45) is 2.64. The van der Waals surface area contributed by atoms with Gasteiger partial charge >= 0.3 is 13.2 Å². The summed E-state index contributed by atoms with van der Waals surface area (Å²) < 4.78 is 17.6. The molecule has 0 N–H and O–H groups in total. The van der Waals surface area contributed by atoms with Crippen molar-refractivity contribution in [1.29, 1.82) is 0 Å². The van der Waals surface area contributed by atoms with Gasteiger partial charge in [-0.1, -0.05) is 19.9 Å². The molecule has 0 radical (unpaired) electrons. The van der Waals surface area contributed by atoms with E-state index in [-0.39, 0.29) is 24.2 Å². The average molecular weight is 323 g/mol. The van der Waals surface area contributed by atoms with E-state index in [4.69, 9.17) is 14.0 Å². The van der Waals surface area contributed by atoms with Gasteiger partial charge in [0.25, 0.3) is 0 Å². The molecule has 1 amide bonds. The van der Waals surface area contributed by atoms with Crippen LogP contribution in [0, 0.1) is 5.41 Å². The highest BCUT2D eigenvalue weighted by atomic mass is 16.6. The van der Waals surface area contributed by atoms with Crippen LogP contribution in [0.25, 0.3) is 0 Å². The average Bonchev–Trinajstić information content (AvgIpc) is 2.40. The number of hydrogen-bond donors (Lipinski definition) is 0. The first-order chi connectivity index (χ1) is 10.4. The molecule has 0 aromatic rings. The van der Waals surface area contributed by atoms with E-state index >= 15 is 0 Å². The summed E-state index contributed by atoms with van der Waals surface area (Å²) >= 11 is 0. The van der Waals surface area contributed by atoms with E-state index in [1.54, 1.807) is 4.90 Å². The Bertz CT molecular complexity index is 493. The Labute approximate surface area is 140 Å². The minimum atomic E-state index is -0.484. The molecule has 2 rings (SSSR count). The summed E-state index contributed by atoms with van der Waals surface area (Å²) in [5, 5.41) is 0. The summed E-state index contributed by atoms with van der Waals surface area (Å²) in [6, 6.07) is 0. The Morgan fingerprint density at radius 2 is 1.96 bits per heavy atom.